The Balaban J connectivity index is 1.42. The Labute approximate surface area is 167 Å². The maximum absolute atomic E-state index is 12.8. The number of halogens is 1. The van der Waals surface area contributed by atoms with Crippen molar-refractivity contribution >= 4 is 31.6 Å². The lowest BCUT2D eigenvalue weighted by atomic mass is 10.3. The molecule has 0 radical (unpaired) electrons. The molecule has 0 aliphatic carbocycles. The summed E-state index contributed by atoms with van der Waals surface area (Å²) in [5, 5.41) is 0. The third kappa shape index (κ3) is 3.94. The number of sulfonamides is 1. The van der Waals surface area contributed by atoms with Crippen LogP contribution >= 0.6 is 15.9 Å². The van der Waals surface area contributed by atoms with E-state index in [9.17, 15) is 8.42 Å². The number of rotatable bonds is 4. The van der Waals surface area contributed by atoms with Gasteiger partial charge in [0.15, 0.2) is 0 Å². The molecule has 27 heavy (non-hydrogen) atoms. The number of benzene rings is 1. The quantitative estimate of drug-likeness (QED) is 0.615. The van der Waals surface area contributed by atoms with Crippen LogP contribution in [0.1, 0.15) is 11.3 Å². The largest absolute Gasteiger partial charge is 0.307 e. The monoisotopic (exact) mass is 448 g/mol. The lowest BCUT2D eigenvalue weighted by Gasteiger charge is -2.33. The zero-order valence-electron chi connectivity index (χ0n) is 15.0. The van der Waals surface area contributed by atoms with Crippen molar-refractivity contribution in [1.82, 2.24) is 18.6 Å². The average molecular weight is 449 g/mol. The molecule has 0 saturated carbocycles. The highest BCUT2D eigenvalue weighted by Crippen LogP contribution is 2.21. The number of piperazine rings is 1. The van der Waals surface area contributed by atoms with E-state index in [2.05, 4.69) is 45.0 Å². The molecule has 4 rings (SSSR count). The van der Waals surface area contributed by atoms with Crippen molar-refractivity contribution < 1.29 is 8.42 Å². The van der Waals surface area contributed by atoms with E-state index >= 15 is 0 Å². The summed E-state index contributed by atoms with van der Waals surface area (Å²) in [5.41, 5.74) is 3.13. The van der Waals surface area contributed by atoms with Gasteiger partial charge in [-0.25, -0.2) is 13.4 Å². The highest BCUT2D eigenvalue weighted by molar-refractivity contribution is 9.10. The maximum Gasteiger partial charge on any atom is 0.243 e. The van der Waals surface area contributed by atoms with Crippen molar-refractivity contribution in [3.05, 3.63) is 64.5 Å². The van der Waals surface area contributed by atoms with Gasteiger partial charge in [-0.05, 0) is 36.8 Å². The highest BCUT2D eigenvalue weighted by Gasteiger charge is 2.28. The lowest BCUT2D eigenvalue weighted by Crippen LogP contribution is -2.48. The van der Waals surface area contributed by atoms with Gasteiger partial charge in [-0.3, -0.25) is 4.90 Å². The number of hydrogen-bond acceptors (Lipinski definition) is 4. The van der Waals surface area contributed by atoms with E-state index in [-0.39, 0.29) is 0 Å². The molecular weight excluding hydrogens is 428 g/mol. The predicted molar refractivity (Wildman–Crippen MR) is 108 cm³/mol. The first-order chi connectivity index (χ1) is 12.9. The predicted octanol–water partition coefficient (Wildman–Crippen LogP) is 2.91. The first-order valence-corrected chi connectivity index (χ1v) is 11.1. The van der Waals surface area contributed by atoms with E-state index in [0.29, 0.717) is 31.1 Å². The summed E-state index contributed by atoms with van der Waals surface area (Å²) in [5.74, 6) is 0. The van der Waals surface area contributed by atoms with Gasteiger partial charge >= 0.3 is 0 Å². The Hall–Kier alpha value is -1.74. The minimum atomic E-state index is -3.45. The van der Waals surface area contributed by atoms with Crippen molar-refractivity contribution in [2.45, 2.75) is 18.4 Å². The molecule has 0 N–H and O–H groups in total. The fourth-order valence-electron chi connectivity index (χ4n) is 3.37. The Kier molecular flexibility index (Phi) is 5.07. The zero-order valence-corrected chi connectivity index (χ0v) is 17.4. The first-order valence-electron chi connectivity index (χ1n) is 8.84. The SMILES string of the molecule is Cc1ccc2nc(CN3CCN(S(=O)(=O)c4cccc(Br)c4)CC3)cn2c1. The molecule has 1 saturated heterocycles. The normalized spacial score (nSPS) is 16.8. The second kappa shape index (κ2) is 7.35. The zero-order chi connectivity index (χ0) is 19.0. The Morgan fingerprint density at radius 3 is 2.59 bits per heavy atom. The Bertz CT molecular complexity index is 1070. The summed E-state index contributed by atoms with van der Waals surface area (Å²) in [6.45, 7) is 5.15. The van der Waals surface area contributed by atoms with Crippen LogP contribution in [0.3, 0.4) is 0 Å². The molecule has 1 fully saturated rings. The van der Waals surface area contributed by atoms with Crippen LogP contribution in [0.15, 0.2) is 58.2 Å². The summed E-state index contributed by atoms with van der Waals surface area (Å²) in [6, 6.07) is 10.9. The van der Waals surface area contributed by atoms with Gasteiger partial charge < -0.3 is 4.40 Å². The van der Waals surface area contributed by atoms with Crippen LogP contribution in [0.4, 0.5) is 0 Å². The summed E-state index contributed by atoms with van der Waals surface area (Å²) in [6.07, 6.45) is 4.11. The summed E-state index contributed by atoms with van der Waals surface area (Å²) < 4.78 is 30.0. The standard InChI is InChI=1S/C19H21BrN4O2S/c1-15-5-6-19-21-17(14-23(19)12-15)13-22-7-9-24(10-8-22)27(25,26)18-4-2-3-16(20)11-18/h2-6,11-12,14H,7-10,13H2,1H3. The van der Waals surface area contributed by atoms with E-state index < -0.39 is 10.0 Å². The second-order valence-electron chi connectivity index (χ2n) is 6.84. The van der Waals surface area contributed by atoms with Crippen LogP contribution in [0, 0.1) is 6.92 Å². The van der Waals surface area contributed by atoms with Crippen LogP contribution in [0.5, 0.6) is 0 Å². The van der Waals surface area contributed by atoms with Crippen molar-refractivity contribution in [2.24, 2.45) is 0 Å². The molecular formula is C19H21BrN4O2S. The molecule has 1 aliphatic rings. The van der Waals surface area contributed by atoms with E-state index in [0.717, 1.165) is 22.4 Å². The number of hydrogen-bond donors (Lipinski definition) is 0. The minimum absolute atomic E-state index is 0.334. The van der Waals surface area contributed by atoms with Gasteiger partial charge in [-0.15, -0.1) is 0 Å². The van der Waals surface area contributed by atoms with Crippen LogP contribution in [0.25, 0.3) is 5.65 Å². The number of aryl methyl sites for hydroxylation is 1. The molecule has 3 aromatic rings. The van der Waals surface area contributed by atoms with Gasteiger partial charge in [-0.1, -0.05) is 28.1 Å². The topological polar surface area (TPSA) is 57.9 Å². The lowest BCUT2D eigenvalue weighted by molar-refractivity contribution is 0.180. The van der Waals surface area contributed by atoms with Gasteiger partial charge in [0.05, 0.1) is 10.6 Å². The molecule has 8 heteroatoms. The van der Waals surface area contributed by atoms with E-state index in [1.807, 2.05) is 22.7 Å². The minimum Gasteiger partial charge on any atom is -0.307 e. The Morgan fingerprint density at radius 1 is 1.07 bits per heavy atom. The number of aromatic nitrogens is 2. The molecule has 1 aromatic carbocycles. The average Bonchev–Trinajstić information content (AvgIpc) is 3.03. The molecule has 1 aliphatic heterocycles. The molecule has 6 nitrogen and oxygen atoms in total. The fraction of sp³-hybridized carbons (Fsp3) is 0.316. The smallest absolute Gasteiger partial charge is 0.243 e. The van der Waals surface area contributed by atoms with Gasteiger partial charge in [-0.2, -0.15) is 4.31 Å². The summed E-state index contributed by atoms with van der Waals surface area (Å²) in [7, 11) is -3.45. The van der Waals surface area contributed by atoms with Gasteiger partial charge in [0.25, 0.3) is 0 Å². The van der Waals surface area contributed by atoms with Crippen molar-refractivity contribution in [1.29, 1.82) is 0 Å². The van der Waals surface area contributed by atoms with E-state index in [1.165, 1.54) is 5.56 Å². The molecule has 142 valence electrons. The first kappa shape index (κ1) is 18.6. The number of imidazole rings is 1. The molecule has 0 unspecified atom stereocenters. The summed E-state index contributed by atoms with van der Waals surface area (Å²) in [4.78, 5) is 7.24. The number of fused-ring (bicyclic) bond motifs is 1. The molecule has 0 bridgehead atoms. The van der Waals surface area contributed by atoms with Gasteiger partial charge in [0.2, 0.25) is 10.0 Å². The van der Waals surface area contributed by atoms with Crippen LogP contribution in [0.2, 0.25) is 0 Å². The number of pyridine rings is 1. The highest BCUT2D eigenvalue weighted by atomic mass is 79.9. The molecule has 2 aromatic heterocycles. The van der Waals surface area contributed by atoms with Gasteiger partial charge in [0.1, 0.15) is 5.65 Å². The second-order valence-corrected chi connectivity index (χ2v) is 9.70. The van der Waals surface area contributed by atoms with Crippen molar-refractivity contribution in [3.8, 4) is 0 Å². The maximum atomic E-state index is 12.8. The molecule has 3 heterocycles. The molecule has 0 amide bonds. The van der Waals surface area contributed by atoms with Crippen LogP contribution in [-0.2, 0) is 16.6 Å². The van der Waals surface area contributed by atoms with Crippen LogP contribution < -0.4 is 0 Å². The number of nitrogens with zero attached hydrogens (tertiary/aromatic N) is 4. The Morgan fingerprint density at radius 2 is 1.85 bits per heavy atom. The van der Waals surface area contributed by atoms with Crippen molar-refractivity contribution in [2.75, 3.05) is 26.2 Å². The fourth-order valence-corrected chi connectivity index (χ4v) is 5.38. The molecule has 0 atom stereocenters. The van der Waals surface area contributed by atoms with Crippen LogP contribution in [-0.4, -0.2) is 53.2 Å². The third-order valence-corrected chi connectivity index (χ3v) is 7.19. The van der Waals surface area contributed by atoms with Gasteiger partial charge in [0, 0.05) is 49.6 Å². The third-order valence-electron chi connectivity index (χ3n) is 4.80. The van der Waals surface area contributed by atoms with E-state index in [4.69, 9.17) is 0 Å². The molecule has 0 spiro atoms. The van der Waals surface area contributed by atoms with E-state index in [1.54, 1.807) is 22.5 Å². The van der Waals surface area contributed by atoms with Crippen molar-refractivity contribution in [3.63, 3.8) is 0 Å². The summed E-state index contributed by atoms with van der Waals surface area (Å²) >= 11 is 3.34.